The van der Waals surface area contributed by atoms with Gasteiger partial charge in [-0.2, -0.15) is 0 Å². The van der Waals surface area contributed by atoms with Crippen LogP contribution in [-0.4, -0.2) is 11.7 Å². The Balaban J connectivity index is 1.75. The molecule has 2 aromatic carbocycles. The van der Waals surface area contributed by atoms with E-state index < -0.39 is 0 Å². The summed E-state index contributed by atoms with van der Waals surface area (Å²) in [5.74, 6) is 1.35. The molecule has 4 heteroatoms. The molecule has 2 fully saturated rings. The number of benzene rings is 2. The quantitative estimate of drug-likeness (QED) is 0.602. The van der Waals surface area contributed by atoms with Gasteiger partial charge in [0, 0.05) is 21.4 Å². The summed E-state index contributed by atoms with van der Waals surface area (Å²) in [6.45, 7) is 0. The first kappa shape index (κ1) is 15.5. The highest BCUT2D eigenvalue weighted by Gasteiger charge is 2.48. The van der Waals surface area contributed by atoms with Crippen LogP contribution in [0.4, 0.5) is 5.69 Å². The highest BCUT2D eigenvalue weighted by molar-refractivity contribution is 14.1. The minimum Gasteiger partial charge on any atom is -0.296 e. The second kappa shape index (κ2) is 6.13. The molecule has 1 aliphatic carbocycles. The third-order valence-corrected chi connectivity index (χ3v) is 7.02. The van der Waals surface area contributed by atoms with Gasteiger partial charge >= 0.3 is 0 Å². The van der Waals surface area contributed by atoms with E-state index in [1.807, 2.05) is 47.0 Å². The lowest BCUT2D eigenvalue weighted by Crippen LogP contribution is -2.32. The molecule has 1 saturated carbocycles. The van der Waals surface area contributed by atoms with Crippen LogP contribution in [0.5, 0.6) is 0 Å². The van der Waals surface area contributed by atoms with Crippen molar-refractivity contribution in [2.75, 3.05) is 10.7 Å². The summed E-state index contributed by atoms with van der Waals surface area (Å²) < 4.78 is 1.22. The van der Waals surface area contributed by atoms with E-state index in [2.05, 4.69) is 46.9 Å². The van der Waals surface area contributed by atoms with Gasteiger partial charge in [0.1, 0.15) is 5.37 Å². The zero-order valence-corrected chi connectivity index (χ0v) is 15.7. The third-order valence-electron chi connectivity index (χ3n) is 4.72. The molecule has 1 saturated heterocycles. The van der Waals surface area contributed by atoms with Crippen LogP contribution in [0.15, 0.2) is 54.6 Å². The van der Waals surface area contributed by atoms with E-state index in [-0.39, 0.29) is 16.7 Å². The number of nitrogens with zero attached hydrogens (tertiary/aromatic N) is 1. The van der Waals surface area contributed by atoms with E-state index in [9.17, 15) is 4.79 Å². The average Bonchev–Trinajstić information content (AvgIpc) is 3.34. The predicted octanol–water partition coefficient (Wildman–Crippen LogP) is 5.24. The first-order chi connectivity index (χ1) is 11.2. The van der Waals surface area contributed by atoms with Crippen molar-refractivity contribution in [1.82, 2.24) is 0 Å². The maximum atomic E-state index is 13.0. The van der Waals surface area contributed by atoms with Gasteiger partial charge in [0.2, 0.25) is 5.91 Å². The average molecular weight is 435 g/mol. The molecule has 23 heavy (non-hydrogen) atoms. The van der Waals surface area contributed by atoms with Crippen molar-refractivity contribution in [3.8, 4) is 0 Å². The van der Waals surface area contributed by atoms with Crippen LogP contribution in [0, 0.1) is 8.99 Å². The zero-order valence-electron chi connectivity index (χ0n) is 12.7. The number of hydrogen-bond acceptors (Lipinski definition) is 2. The molecular formula is C19H18INOS. The van der Waals surface area contributed by atoms with Gasteiger partial charge in [-0.15, -0.1) is 11.8 Å². The molecule has 1 aliphatic heterocycles. The Morgan fingerprint density at radius 3 is 2.39 bits per heavy atom. The number of thioether (sulfide) groups is 1. The fourth-order valence-corrected chi connectivity index (χ4v) is 5.16. The Morgan fingerprint density at radius 1 is 1.04 bits per heavy atom. The smallest absolute Gasteiger partial charge is 0.228 e. The normalized spacial score (nSPS) is 22.9. The Bertz CT molecular complexity index is 712. The van der Waals surface area contributed by atoms with Crippen molar-refractivity contribution >= 4 is 45.9 Å². The highest BCUT2D eigenvalue weighted by atomic mass is 127. The molecule has 1 unspecified atom stereocenters. The Labute approximate surface area is 154 Å². The van der Waals surface area contributed by atoms with Crippen LogP contribution in [0.3, 0.4) is 0 Å². The molecule has 2 nitrogen and oxygen atoms in total. The van der Waals surface area contributed by atoms with E-state index in [0.717, 1.165) is 11.4 Å². The zero-order chi connectivity index (χ0) is 15.9. The van der Waals surface area contributed by atoms with Gasteiger partial charge in [-0.3, -0.25) is 9.69 Å². The monoisotopic (exact) mass is 435 g/mol. The number of rotatable bonds is 2. The van der Waals surface area contributed by atoms with Crippen molar-refractivity contribution in [2.45, 2.75) is 24.6 Å². The van der Waals surface area contributed by atoms with Crippen LogP contribution < -0.4 is 4.90 Å². The lowest BCUT2D eigenvalue weighted by atomic mass is 10.0. The molecule has 0 aromatic heterocycles. The highest BCUT2D eigenvalue weighted by Crippen LogP contribution is 2.56. The maximum Gasteiger partial charge on any atom is 0.228 e. The summed E-state index contributed by atoms with van der Waals surface area (Å²) in [6.07, 6.45) is 3.09. The van der Waals surface area contributed by atoms with Crippen LogP contribution in [-0.2, 0) is 4.79 Å². The lowest BCUT2D eigenvalue weighted by molar-refractivity contribution is -0.119. The van der Waals surface area contributed by atoms with Gasteiger partial charge in [-0.05, 0) is 70.7 Å². The van der Waals surface area contributed by atoms with Gasteiger partial charge in [0.15, 0.2) is 0 Å². The summed E-state index contributed by atoms with van der Waals surface area (Å²) in [6, 6.07) is 18.7. The van der Waals surface area contributed by atoms with Crippen LogP contribution >= 0.6 is 34.4 Å². The summed E-state index contributed by atoms with van der Waals surface area (Å²) in [7, 11) is 0. The number of amides is 1. The number of hydrogen-bond donors (Lipinski definition) is 0. The fourth-order valence-electron chi connectivity index (χ4n) is 3.16. The maximum absolute atomic E-state index is 13.0. The number of carbonyl (C=O) groups is 1. The topological polar surface area (TPSA) is 20.3 Å². The first-order valence-corrected chi connectivity index (χ1v) is 10.0. The number of para-hydroxylation sites is 1. The molecule has 2 aliphatic rings. The molecule has 0 radical (unpaired) electrons. The second-order valence-corrected chi connectivity index (χ2v) is 8.81. The van der Waals surface area contributed by atoms with Gasteiger partial charge in [-0.25, -0.2) is 0 Å². The lowest BCUT2D eigenvalue weighted by Gasteiger charge is -2.30. The SMILES string of the molecule is O=C1CC2(CC2)CSC(c2ccc(I)cc2)N1c1ccccc1. The van der Waals surface area contributed by atoms with Crippen LogP contribution in [0.1, 0.15) is 30.2 Å². The number of halogens is 1. The Kier molecular flexibility index (Phi) is 4.13. The van der Waals surface area contributed by atoms with Gasteiger partial charge in [0.05, 0.1) is 0 Å². The molecule has 1 spiro atoms. The summed E-state index contributed by atoms with van der Waals surface area (Å²) in [5, 5.41) is 0.0712. The molecule has 1 amide bonds. The first-order valence-electron chi connectivity index (χ1n) is 7.91. The van der Waals surface area contributed by atoms with Gasteiger partial charge in [-0.1, -0.05) is 30.3 Å². The van der Waals surface area contributed by atoms with Gasteiger partial charge < -0.3 is 0 Å². The van der Waals surface area contributed by atoms with E-state index in [1.54, 1.807) is 0 Å². The molecule has 4 rings (SSSR count). The molecule has 1 atom stereocenters. The second-order valence-electron chi connectivity index (χ2n) is 6.49. The van der Waals surface area contributed by atoms with Crippen LogP contribution in [0.25, 0.3) is 0 Å². The number of anilines is 1. The minimum atomic E-state index is 0.0712. The standard InChI is InChI=1S/C19H18INOS/c20-15-8-6-14(7-9-15)18-21(16-4-2-1-3-5-16)17(22)12-19(10-11-19)13-23-18/h1-9,18H,10-13H2. The summed E-state index contributed by atoms with van der Waals surface area (Å²) in [4.78, 5) is 15.0. The molecule has 0 bridgehead atoms. The van der Waals surface area contributed by atoms with Crippen molar-refractivity contribution in [3.63, 3.8) is 0 Å². The Morgan fingerprint density at radius 2 is 1.74 bits per heavy atom. The summed E-state index contributed by atoms with van der Waals surface area (Å²) in [5.41, 5.74) is 2.49. The van der Waals surface area contributed by atoms with Crippen molar-refractivity contribution < 1.29 is 4.79 Å². The number of carbonyl (C=O) groups excluding carboxylic acids is 1. The van der Waals surface area contributed by atoms with Crippen molar-refractivity contribution in [1.29, 1.82) is 0 Å². The van der Waals surface area contributed by atoms with Crippen molar-refractivity contribution in [2.24, 2.45) is 5.41 Å². The van der Waals surface area contributed by atoms with E-state index >= 15 is 0 Å². The van der Waals surface area contributed by atoms with Crippen molar-refractivity contribution in [3.05, 3.63) is 63.7 Å². The van der Waals surface area contributed by atoms with Crippen LogP contribution in [0.2, 0.25) is 0 Å². The predicted molar refractivity (Wildman–Crippen MR) is 105 cm³/mol. The fraction of sp³-hybridized carbons (Fsp3) is 0.316. The Hall–Kier alpha value is -1.01. The largest absolute Gasteiger partial charge is 0.296 e. The minimum absolute atomic E-state index is 0.0712. The molecule has 1 heterocycles. The van der Waals surface area contributed by atoms with E-state index in [0.29, 0.717) is 6.42 Å². The molecule has 118 valence electrons. The van der Waals surface area contributed by atoms with E-state index in [4.69, 9.17) is 0 Å². The molecular weight excluding hydrogens is 417 g/mol. The molecule has 0 N–H and O–H groups in total. The van der Waals surface area contributed by atoms with E-state index in [1.165, 1.54) is 22.0 Å². The molecule has 2 aromatic rings. The third kappa shape index (κ3) is 3.15. The summed E-state index contributed by atoms with van der Waals surface area (Å²) >= 11 is 4.25. The van der Waals surface area contributed by atoms with Gasteiger partial charge in [0.25, 0.3) is 0 Å².